The van der Waals surface area contributed by atoms with E-state index in [1.165, 1.54) is 12.1 Å². The van der Waals surface area contributed by atoms with Crippen molar-refractivity contribution in [2.24, 2.45) is 0 Å². The number of aryl methyl sites for hydroxylation is 2. The Hall–Kier alpha value is -2.03. The predicted molar refractivity (Wildman–Crippen MR) is 68.2 cm³/mol. The minimum absolute atomic E-state index is 0.263. The van der Waals surface area contributed by atoms with Crippen molar-refractivity contribution >= 4 is 0 Å². The molecule has 0 bridgehead atoms. The third-order valence-electron chi connectivity index (χ3n) is 2.88. The molecule has 0 atom stereocenters. The maximum Gasteiger partial charge on any atom is 0.165 e. The molecule has 2 aromatic carbocycles. The van der Waals surface area contributed by atoms with E-state index in [0.29, 0.717) is 0 Å². The molecule has 0 saturated carbocycles. The first-order chi connectivity index (χ1) is 8.65. The topological polar surface area (TPSA) is 40.5 Å². The van der Waals surface area contributed by atoms with E-state index >= 15 is 0 Å². The number of hydrogen-bond acceptors (Lipinski definition) is 2. The van der Waals surface area contributed by atoms with Crippen molar-refractivity contribution in [1.29, 1.82) is 0 Å². The molecule has 2 nitrogen and oxygen atoms in total. The van der Waals surface area contributed by atoms with Gasteiger partial charge in [0.25, 0.3) is 0 Å². The lowest BCUT2D eigenvalue weighted by atomic mass is 10.0. The quantitative estimate of drug-likeness (QED) is 0.867. The summed E-state index contributed by atoms with van der Waals surface area (Å²) >= 11 is 0. The number of halogens is 1. The summed E-state index contributed by atoms with van der Waals surface area (Å²) in [6, 6.07) is 11.6. The van der Waals surface area contributed by atoms with Gasteiger partial charge in [-0.05, 0) is 54.7 Å². The highest BCUT2D eigenvalue weighted by molar-refractivity contribution is 5.29. The summed E-state index contributed by atoms with van der Waals surface area (Å²) in [7, 11) is 0. The van der Waals surface area contributed by atoms with Gasteiger partial charge in [0.15, 0.2) is 11.6 Å². The molecule has 0 aromatic heterocycles. The van der Waals surface area contributed by atoms with Crippen LogP contribution in [-0.4, -0.2) is 10.2 Å². The minimum atomic E-state index is -0.572. The predicted octanol–water partition coefficient (Wildman–Crippen LogP) is 3.41. The summed E-state index contributed by atoms with van der Waals surface area (Å²) in [5, 5.41) is 18.2. The summed E-state index contributed by atoms with van der Waals surface area (Å²) in [5.74, 6) is -0.617. The molecule has 0 fully saturated rings. The lowest BCUT2D eigenvalue weighted by molar-refractivity contribution is 0.431. The van der Waals surface area contributed by atoms with Crippen LogP contribution in [0.5, 0.6) is 11.5 Å². The highest BCUT2D eigenvalue weighted by Crippen LogP contribution is 2.18. The van der Waals surface area contributed by atoms with Crippen molar-refractivity contribution in [2.45, 2.75) is 19.3 Å². The second kappa shape index (κ2) is 5.54. The Balaban J connectivity index is 1.88. The molecule has 2 N–H and O–H groups in total. The van der Waals surface area contributed by atoms with Gasteiger partial charge in [0.05, 0.1) is 0 Å². The van der Waals surface area contributed by atoms with Crippen LogP contribution in [-0.2, 0) is 12.8 Å². The van der Waals surface area contributed by atoms with Gasteiger partial charge >= 0.3 is 0 Å². The van der Waals surface area contributed by atoms with Gasteiger partial charge in [-0.3, -0.25) is 0 Å². The van der Waals surface area contributed by atoms with Gasteiger partial charge in [-0.25, -0.2) is 4.39 Å². The summed E-state index contributed by atoms with van der Waals surface area (Å²) in [5.41, 5.74) is 2.02. The second-order valence-corrected chi connectivity index (χ2v) is 4.31. The SMILES string of the molecule is Oc1ccc(CCCc2ccc(O)c(F)c2)cc1. The Morgan fingerprint density at radius 2 is 1.44 bits per heavy atom. The van der Waals surface area contributed by atoms with Crippen LogP contribution in [0.25, 0.3) is 0 Å². The summed E-state index contributed by atoms with van der Waals surface area (Å²) in [4.78, 5) is 0. The maximum atomic E-state index is 13.1. The van der Waals surface area contributed by atoms with Gasteiger partial charge in [-0.2, -0.15) is 0 Å². The molecule has 0 radical (unpaired) electrons. The molecule has 0 amide bonds. The van der Waals surface area contributed by atoms with Gasteiger partial charge in [0.2, 0.25) is 0 Å². The molecule has 0 spiro atoms. The van der Waals surface area contributed by atoms with Crippen molar-refractivity contribution in [3.05, 3.63) is 59.4 Å². The van der Waals surface area contributed by atoms with Crippen molar-refractivity contribution in [3.63, 3.8) is 0 Å². The molecule has 3 heteroatoms. The number of rotatable bonds is 4. The van der Waals surface area contributed by atoms with Crippen LogP contribution in [0.3, 0.4) is 0 Å². The fourth-order valence-corrected chi connectivity index (χ4v) is 1.87. The molecule has 0 aliphatic rings. The molecule has 2 rings (SSSR count). The molecule has 18 heavy (non-hydrogen) atoms. The lowest BCUT2D eigenvalue weighted by Gasteiger charge is -2.04. The van der Waals surface area contributed by atoms with Crippen LogP contribution in [0.15, 0.2) is 42.5 Å². The van der Waals surface area contributed by atoms with Crippen molar-refractivity contribution in [2.75, 3.05) is 0 Å². The Kier molecular flexibility index (Phi) is 3.82. The highest BCUT2D eigenvalue weighted by atomic mass is 19.1. The summed E-state index contributed by atoms with van der Waals surface area (Å²) in [6.45, 7) is 0. The summed E-state index contributed by atoms with van der Waals surface area (Å²) in [6.07, 6.45) is 2.54. The second-order valence-electron chi connectivity index (χ2n) is 4.31. The van der Waals surface area contributed by atoms with Gasteiger partial charge in [0, 0.05) is 0 Å². The third kappa shape index (κ3) is 3.23. The van der Waals surface area contributed by atoms with Gasteiger partial charge in [-0.1, -0.05) is 18.2 Å². The van der Waals surface area contributed by atoms with E-state index in [1.54, 1.807) is 18.2 Å². The molecular weight excluding hydrogens is 231 g/mol. The Morgan fingerprint density at radius 1 is 0.833 bits per heavy atom. The van der Waals surface area contributed by atoms with Crippen LogP contribution in [0.4, 0.5) is 4.39 Å². The summed E-state index contributed by atoms with van der Waals surface area (Å²) < 4.78 is 13.1. The van der Waals surface area contributed by atoms with E-state index in [4.69, 9.17) is 10.2 Å². The van der Waals surface area contributed by atoms with E-state index in [2.05, 4.69) is 0 Å². The van der Waals surface area contributed by atoms with E-state index in [1.807, 2.05) is 12.1 Å². The Labute approximate surface area is 105 Å². The molecule has 0 aliphatic carbocycles. The number of benzene rings is 2. The van der Waals surface area contributed by atoms with Crippen LogP contribution in [0, 0.1) is 5.82 Å². The average Bonchev–Trinajstić information content (AvgIpc) is 2.36. The Bertz CT molecular complexity index is 521. The first kappa shape index (κ1) is 12.4. The van der Waals surface area contributed by atoms with E-state index in [9.17, 15) is 4.39 Å². The molecule has 0 heterocycles. The van der Waals surface area contributed by atoms with E-state index in [0.717, 1.165) is 30.4 Å². The number of aromatic hydroxyl groups is 2. The lowest BCUT2D eigenvalue weighted by Crippen LogP contribution is -1.91. The minimum Gasteiger partial charge on any atom is -0.508 e. The van der Waals surface area contributed by atoms with Crippen LogP contribution >= 0.6 is 0 Å². The smallest absolute Gasteiger partial charge is 0.165 e. The standard InChI is InChI=1S/C15H15FO2/c16-14-10-12(6-9-15(14)18)3-1-2-11-4-7-13(17)8-5-11/h4-10,17-18H,1-3H2. The van der Waals surface area contributed by atoms with Crippen LogP contribution in [0.1, 0.15) is 17.5 Å². The molecule has 94 valence electrons. The van der Waals surface area contributed by atoms with Crippen molar-refractivity contribution < 1.29 is 14.6 Å². The fourth-order valence-electron chi connectivity index (χ4n) is 1.87. The Morgan fingerprint density at radius 3 is 2.11 bits per heavy atom. The molecular formula is C15H15FO2. The van der Waals surface area contributed by atoms with Gasteiger partial charge in [-0.15, -0.1) is 0 Å². The largest absolute Gasteiger partial charge is 0.508 e. The monoisotopic (exact) mass is 246 g/mol. The first-order valence-corrected chi connectivity index (χ1v) is 5.90. The van der Waals surface area contributed by atoms with Gasteiger partial charge in [0.1, 0.15) is 5.75 Å². The fraction of sp³-hybridized carbons (Fsp3) is 0.200. The third-order valence-corrected chi connectivity index (χ3v) is 2.88. The molecule has 0 aliphatic heterocycles. The highest BCUT2D eigenvalue weighted by Gasteiger charge is 2.02. The van der Waals surface area contributed by atoms with Crippen molar-refractivity contribution in [3.8, 4) is 11.5 Å². The van der Waals surface area contributed by atoms with Crippen LogP contribution < -0.4 is 0 Å². The number of hydrogen-bond donors (Lipinski definition) is 2. The zero-order valence-electron chi connectivity index (χ0n) is 9.94. The first-order valence-electron chi connectivity index (χ1n) is 5.90. The molecule has 2 aromatic rings. The van der Waals surface area contributed by atoms with Crippen LogP contribution in [0.2, 0.25) is 0 Å². The molecule has 0 saturated heterocycles. The van der Waals surface area contributed by atoms with Crippen molar-refractivity contribution in [1.82, 2.24) is 0 Å². The zero-order valence-corrected chi connectivity index (χ0v) is 9.94. The molecule has 0 unspecified atom stereocenters. The number of phenolic OH excluding ortho intramolecular Hbond substituents is 2. The maximum absolute atomic E-state index is 13.1. The average molecular weight is 246 g/mol. The van der Waals surface area contributed by atoms with Gasteiger partial charge < -0.3 is 10.2 Å². The normalized spacial score (nSPS) is 10.5. The van der Waals surface area contributed by atoms with E-state index in [-0.39, 0.29) is 11.5 Å². The zero-order chi connectivity index (χ0) is 13.0. The number of phenols is 2. The van der Waals surface area contributed by atoms with E-state index < -0.39 is 5.82 Å².